The van der Waals surface area contributed by atoms with Crippen LogP contribution in [0.15, 0.2) is 18.3 Å². The molecular formula is C11H15N3O2. The van der Waals surface area contributed by atoms with Crippen LogP contribution in [0.1, 0.15) is 13.3 Å². The number of hydrogen-bond acceptors (Lipinski definition) is 4. The number of anilines is 2. The van der Waals surface area contributed by atoms with E-state index in [0.717, 1.165) is 6.42 Å². The van der Waals surface area contributed by atoms with Gasteiger partial charge in [0.2, 0.25) is 5.91 Å². The average Bonchev–Trinajstić information content (AvgIpc) is 3.01. The van der Waals surface area contributed by atoms with Crippen molar-refractivity contribution in [1.82, 2.24) is 4.98 Å². The maximum absolute atomic E-state index is 11.7. The summed E-state index contributed by atoms with van der Waals surface area (Å²) in [6.07, 6.45) is 2.44. The van der Waals surface area contributed by atoms with Crippen LogP contribution < -0.4 is 11.1 Å². The molecule has 0 aliphatic heterocycles. The summed E-state index contributed by atoms with van der Waals surface area (Å²) in [6.45, 7) is 2.58. The van der Waals surface area contributed by atoms with Crippen molar-refractivity contribution in [2.45, 2.75) is 19.4 Å². The molecule has 3 N–H and O–H groups in total. The van der Waals surface area contributed by atoms with Gasteiger partial charge in [-0.2, -0.15) is 0 Å². The molecule has 1 amide bonds. The fourth-order valence-electron chi connectivity index (χ4n) is 1.56. The predicted octanol–water partition coefficient (Wildman–Crippen LogP) is 1.03. The summed E-state index contributed by atoms with van der Waals surface area (Å²) in [5.41, 5.74) is 6.12. The molecule has 1 fully saturated rings. The Bertz CT molecular complexity index is 377. The first-order valence-electron chi connectivity index (χ1n) is 5.34. The van der Waals surface area contributed by atoms with Crippen LogP contribution in [-0.2, 0) is 9.53 Å². The second-order valence-corrected chi connectivity index (χ2v) is 3.80. The third-order valence-corrected chi connectivity index (χ3v) is 2.50. The van der Waals surface area contributed by atoms with E-state index in [2.05, 4.69) is 10.3 Å². The summed E-state index contributed by atoms with van der Waals surface area (Å²) >= 11 is 0. The van der Waals surface area contributed by atoms with Crippen LogP contribution in [0.25, 0.3) is 0 Å². The molecule has 0 radical (unpaired) electrons. The van der Waals surface area contributed by atoms with Crippen LogP contribution in [0, 0.1) is 5.92 Å². The molecule has 2 unspecified atom stereocenters. The van der Waals surface area contributed by atoms with Gasteiger partial charge in [0.05, 0.1) is 23.9 Å². The summed E-state index contributed by atoms with van der Waals surface area (Å²) < 4.78 is 5.35. The average molecular weight is 221 g/mol. The van der Waals surface area contributed by atoms with Gasteiger partial charge in [-0.15, -0.1) is 0 Å². The minimum Gasteiger partial charge on any atom is -0.384 e. The van der Waals surface area contributed by atoms with Crippen molar-refractivity contribution < 1.29 is 9.53 Å². The zero-order chi connectivity index (χ0) is 11.5. The number of nitrogens with one attached hydrogen (secondary N) is 1. The Morgan fingerprint density at radius 2 is 2.50 bits per heavy atom. The van der Waals surface area contributed by atoms with Crippen LogP contribution in [0.2, 0.25) is 0 Å². The summed E-state index contributed by atoms with van der Waals surface area (Å²) in [5.74, 6) is 0.416. The standard InChI is InChI=1S/C11H15N3O2/c1-2-16-9-5-8(9)11(15)14-7-3-4-10(12)13-6-7/h3-4,6,8-9H,2,5H2,1H3,(H2,12,13)(H,14,15). The molecular weight excluding hydrogens is 206 g/mol. The highest BCUT2D eigenvalue weighted by Crippen LogP contribution is 2.34. The van der Waals surface area contributed by atoms with Crippen molar-refractivity contribution in [1.29, 1.82) is 0 Å². The minimum atomic E-state index is -0.0162. The quantitative estimate of drug-likeness (QED) is 0.796. The number of carbonyl (C=O) groups is 1. The van der Waals surface area contributed by atoms with Crippen molar-refractivity contribution >= 4 is 17.4 Å². The first kappa shape index (κ1) is 10.9. The van der Waals surface area contributed by atoms with Crippen LogP contribution in [0.4, 0.5) is 11.5 Å². The smallest absolute Gasteiger partial charge is 0.230 e. The Balaban J connectivity index is 1.86. The third-order valence-electron chi connectivity index (χ3n) is 2.50. The number of carbonyl (C=O) groups excluding carboxylic acids is 1. The zero-order valence-corrected chi connectivity index (χ0v) is 9.14. The number of nitrogens with zero attached hydrogens (tertiary/aromatic N) is 1. The normalized spacial score (nSPS) is 22.8. The highest BCUT2D eigenvalue weighted by Gasteiger charge is 2.43. The molecule has 5 nitrogen and oxygen atoms in total. The van der Waals surface area contributed by atoms with Gasteiger partial charge in [-0.3, -0.25) is 4.79 Å². The van der Waals surface area contributed by atoms with E-state index >= 15 is 0 Å². The summed E-state index contributed by atoms with van der Waals surface area (Å²) in [5, 5.41) is 2.78. The summed E-state index contributed by atoms with van der Waals surface area (Å²) in [4.78, 5) is 15.6. The number of rotatable bonds is 4. The van der Waals surface area contributed by atoms with Gasteiger partial charge >= 0.3 is 0 Å². The van der Waals surface area contributed by atoms with E-state index < -0.39 is 0 Å². The van der Waals surface area contributed by atoms with Gasteiger partial charge in [0.25, 0.3) is 0 Å². The fraction of sp³-hybridized carbons (Fsp3) is 0.455. The molecule has 1 aromatic rings. The van der Waals surface area contributed by atoms with Gasteiger partial charge in [0.1, 0.15) is 5.82 Å². The number of pyridine rings is 1. The lowest BCUT2D eigenvalue weighted by molar-refractivity contribution is -0.118. The highest BCUT2D eigenvalue weighted by atomic mass is 16.5. The summed E-state index contributed by atoms with van der Waals surface area (Å²) in [7, 11) is 0. The maximum Gasteiger partial charge on any atom is 0.230 e. The van der Waals surface area contributed by atoms with Crippen molar-refractivity contribution in [3.8, 4) is 0 Å². The third kappa shape index (κ3) is 2.49. The van der Waals surface area contributed by atoms with Gasteiger partial charge in [-0.05, 0) is 25.5 Å². The van der Waals surface area contributed by atoms with Gasteiger partial charge in [0, 0.05) is 6.61 Å². The molecule has 0 spiro atoms. The van der Waals surface area contributed by atoms with Gasteiger partial charge < -0.3 is 15.8 Å². The van der Waals surface area contributed by atoms with Gasteiger partial charge in [0.15, 0.2) is 0 Å². The molecule has 16 heavy (non-hydrogen) atoms. The van der Waals surface area contributed by atoms with E-state index in [9.17, 15) is 4.79 Å². The molecule has 0 bridgehead atoms. The van der Waals surface area contributed by atoms with E-state index in [1.165, 1.54) is 0 Å². The number of hydrogen-bond donors (Lipinski definition) is 2. The minimum absolute atomic E-state index is 0.00924. The topological polar surface area (TPSA) is 77.2 Å². The van der Waals surface area contributed by atoms with Crippen molar-refractivity contribution in [2.75, 3.05) is 17.7 Å². The predicted molar refractivity (Wildman–Crippen MR) is 60.8 cm³/mol. The highest BCUT2D eigenvalue weighted by molar-refractivity contribution is 5.94. The van der Waals surface area contributed by atoms with Crippen molar-refractivity contribution in [3.63, 3.8) is 0 Å². The van der Waals surface area contributed by atoms with Crippen molar-refractivity contribution in [2.24, 2.45) is 5.92 Å². The number of amides is 1. The fourth-order valence-corrected chi connectivity index (χ4v) is 1.56. The SMILES string of the molecule is CCOC1CC1C(=O)Nc1ccc(N)nc1. The Morgan fingerprint density at radius 3 is 3.12 bits per heavy atom. The Labute approximate surface area is 94.0 Å². The molecule has 5 heteroatoms. The number of nitrogens with two attached hydrogens (primary N) is 1. The first-order chi connectivity index (χ1) is 7.70. The van der Waals surface area contributed by atoms with Crippen LogP contribution in [-0.4, -0.2) is 23.6 Å². The molecule has 86 valence electrons. The maximum atomic E-state index is 11.7. The lowest BCUT2D eigenvalue weighted by atomic mass is 10.3. The second kappa shape index (κ2) is 4.49. The van der Waals surface area contributed by atoms with Gasteiger partial charge in [-0.1, -0.05) is 0 Å². The van der Waals surface area contributed by atoms with E-state index in [4.69, 9.17) is 10.5 Å². The Kier molecular flexibility index (Phi) is 3.05. The number of ether oxygens (including phenoxy) is 1. The van der Waals surface area contributed by atoms with Crippen LogP contribution in [0.5, 0.6) is 0 Å². The lowest BCUT2D eigenvalue weighted by Crippen LogP contribution is -2.16. The number of nitrogen functional groups attached to an aromatic ring is 1. The molecule has 1 heterocycles. The molecule has 1 aliphatic rings. The van der Waals surface area contributed by atoms with Crippen LogP contribution in [0.3, 0.4) is 0 Å². The van der Waals surface area contributed by atoms with E-state index in [1.54, 1.807) is 18.3 Å². The van der Waals surface area contributed by atoms with Gasteiger partial charge in [-0.25, -0.2) is 4.98 Å². The molecule has 0 aromatic carbocycles. The lowest BCUT2D eigenvalue weighted by Gasteiger charge is -2.04. The molecule has 2 rings (SSSR count). The largest absolute Gasteiger partial charge is 0.384 e. The monoisotopic (exact) mass is 221 g/mol. The Morgan fingerprint density at radius 1 is 1.69 bits per heavy atom. The van der Waals surface area contributed by atoms with Crippen LogP contribution >= 0.6 is 0 Å². The number of aromatic nitrogens is 1. The zero-order valence-electron chi connectivity index (χ0n) is 9.14. The second-order valence-electron chi connectivity index (χ2n) is 3.80. The molecule has 1 saturated carbocycles. The molecule has 1 aliphatic carbocycles. The van der Waals surface area contributed by atoms with E-state index in [0.29, 0.717) is 18.1 Å². The Hall–Kier alpha value is -1.62. The molecule has 0 saturated heterocycles. The molecule has 2 atom stereocenters. The molecule has 1 aromatic heterocycles. The summed E-state index contributed by atoms with van der Waals surface area (Å²) in [6, 6.07) is 3.39. The van der Waals surface area contributed by atoms with E-state index in [1.807, 2.05) is 6.92 Å². The van der Waals surface area contributed by atoms with E-state index in [-0.39, 0.29) is 17.9 Å². The van der Waals surface area contributed by atoms with Crippen molar-refractivity contribution in [3.05, 3.63) is 18.3 Å². The first-order valence-corrected chi connectivity index (χ1v) is 5.34.